The first-order chi connectivity index (χ1) is 14.3. The van der Waals surface area contributed by atoms with Gasteiger partial charge in [0.05, 0.1) is 33.5 Å². The zero-order valence-electron chi connectivity index (χ0n) is 16.6. The van der Waals surface area contributed by atoms with E-state index in [1.807, 2.05) is 31.2 Å². The van der Waals surface area contributed by atoms with Crippen LogP contribution >= 0.6 is 23.1 Å². The average molecular weight is 467 g/mol. The van der Waals surface area contributed by atoms with Crippen LogP contribution in [0.5, 0.6) is 0 Å². The Bertz CT molecular complexity index is 1120. The lowest BCUT2D eigenvalue weighted by Crippen LogP contribution is -2.31. The predicted octanol–water partition coefficient (Wildman–Crippen LogP) is 2.97. The third-order valence-corrected chi connectivity index (χ3v) is 9.05. The van der Waals surface area contributed by atoms with Crippen LogP contribution in [0.3, 0.4) is 0 Å². The summed E-state index contributed by atoms with van der Waals surface area (Å²) in [5.74, 6) is 0.948. The molecule has 1 fully saturated rings. The first-order valence-electron chi connectivity index (χ1n) is 9.57. The van der Waals surface area contributed by atoms with Crippen LogP contribution in [-0.4, -0.2) is 58.7 Å². The Balaban J connectivity index is 1.31. The van der Waals surface area contributed by atoms with Gasteiger partial charge in [-0.1, -0.05) is 23.9 Å². The summed E-state index contributed by atoms with van der Waals surface area (Å²) < 4.78 is 29.8. The summed E-state index contributed by atoms with van der Waals surface area (Å²) in [6.45, 7) is 1.96. The molecule has 0 aliphatic carbocycles. The van der Waals surface area contributed by atoms with E-state index in [1.165, 1.54) is 11.8 Å². The third kappa shape index (κ3) is 4.84. The fourth-order valence-electron chi connectivity index (χ4n) is 3.33. The van der Waals surface area contributed by atoms with E-state index in [-0.39, 0.29) is 35.1 Å². The van der Waals surface area contributed by atoms with E-state index >= 15 is 0 Å². The summed E-state index contributed by atoms with van der Waals surface area (Å²) in [5, 5.41) is 9.18. The Morgan fingerprint density at radius 3 is 2.90 bits per heavy atom. The largest absolute Gasteiger partial charge is 0.416 e. The van der Waals surface area contributed by atoms with Gasteiger partial charge in [-0.2, -0.15) is 0 Å². The topological polar surface area (TPSA) is 106 Å². The summed E-state index contributed by atoms with van der Waals surface area (Å²) in [7, 11) is -1.17. The highest BCUT2D eigenvalue weighted by atomic mass is 32.2. The summed E-state index contributed by atoms with van der Waals surface area (Å²) in [6.07, 6.45) is 1.08. The first kappa shape index (κ1) is 21.3. The molecule has 3 heterocycles. The number of thiazole rings is 1. The van der Waals surface area contributed by atoms with Crippen molar-refractivity contribution >= 4 is 49.1 Å². The lowest BCUT2D eigenvalue weighted by molar-refractivity contribution is -0.128. The van der Waals surface area contributed by atoms with Gasteiger partial charge < -0.3 is 9.32 Å². The summed E-state index contributed by atoms with van der Waals surface area (Å²) >= 11 is 2.77. The lowest BCUT2D eigenvalue weighted by Gasteiger charge is -2.22. The molecule has 0 unspecified atom stereocenters. The van der Waals surface area contributed by atoms with Gasteiger partial charge in [-0.15, -0.1) is 21.5 Å². The van der Waals surface area contributed by atoms with Gasteiger partial charge in [-0.25, -0.2) is 13.4 Å². The minimum Gasteiger partial charge on any atom is -0.416 e. The number of fused-ring (bicyclic) bond motifs is 1. The molecule has 30 heavy (non-hydrogen) atoms. The minimum atomic E-state index is -2.93. The molecule has 4 rings (SSSR count). The molecule has 11 heteroatoms. The van der Waals surface area contributed by atoms with Crippen LogP contribution < -0.4 is 0 Å². The van der Waals surface area contributed by atoms with Crippen molar-refractivity contribution in [2.24, 2.45) is 5.92 Å². The molecule has 1 aromatic carbocycles. The van der Waals surface area contributed by atoms with Crippen LogP contribution in [0.25, 0.3) is 10.2 Å². The van der Waals surface area contributed by atoms with Gasteiger partial charge in [-0.3, -0.25) is 4.79 Å². The predicted molar refractivity (Wildman–Crippen MR) is 116 cm³/mol. The van der Waals surface area contributed by atoms with Gasteiger partial charge in [0.15, 0.2) is 9.84 Å². The summed E-state index contributed by atoms with van der Waals surface area (Å²) in [4.78, 5) is 18.9. The van der Waals surface area contributed by atoms with Gasteiger partial charge in [-0.05, 0) is 31.4 Å². The molecule has 1 amide bonds. The fourth-order valence-corrected chi connectivity index (χ4v) is 6.96. The quantitative estimate of drug-likeness (QED) is 0.489. The highest BCUT2D eigenvalue weighted by molar-refractivity contribution is 7.99. The SMILES string of the molecule is C[C@@H](c1nc2ccccc2s1)N(C)C(=O)CSc1nnc(C[C@H]2CCS(=O)(=O)C2)o1. The van der Waals surface area contributed by atoms with Crippen LogP contribution in [0.2, 0.25) is 0 Å². The molecule has 160 valence electrons. The standard InChI is InChI=1S/C19H22N4O4S3/c1-12(18-20-14-5-3-4-6-15(14)29-18)23(2)17(24)10-28-19-22-21-16(27-19)9-13-7-8-30(25,26)11-13/h3-6,12-13H,7-11H2,1-2H3/t12-,13+/m0/s1. The number of para-hydroxylation sites is 1. The number of hydrogen-bond donors (Lipinski definition) is 0. The number of hydrogen-bond acceptors (Lipinski definition) is 9. The van der Waals surface area contributed by atoms with Crippen molar-refractivity contribution in [1.82, 2.24) is 20.1 Å². The Kier molecular flexibility index (Phi) is 6.12. The smallest absolute Gasteiger partial charge is 0.277 e. The molecule has 0 N–H and O–H groups in total. The van der Waals surface area contributed by atoms with Crippen molar-refractivity contribution in [2.45, 2.75) is 31.0 Å². The molecule has 0 bridgehead atoms. The molecule has 1 aliphatic rings. The zero-order valence-corrected chi connectivity index (χ0v) is 19.1. The fraction of sp³-hybridized carbons (Fsp3) is 0.474. The number of thioether (sulfide) groups is 1. The van der Waals surface area contributed by atoms with Gasteiger partial charge in [0, 0.05) is 13.5 Å². The molecule has 2 aromatic heterocycles. The molecule has 0 saturated carbocycles. The highest BCUT2D eigenvalue weighted by Crippen LogP contribution is 2.29. The number of carbonyl (C=O) groups excluding carboxylic acids is 1. The van der Waals surface area contributed by atoms with Crippen LogP contribution in [0.15, 0.2) is 33.9 Å². The van der Waals surface area contributed by atoms with E-state index in [0.717, 1.165) is 15.2 Å². The second-order valence-electron chi connectivity index (χ2n) is 7.42. The molecular formula is C19H22N4O4S3. The van der Waals surface area contributed by atoms with Gasteiger partial charge in [0.1, 0.15) is 5.01 Å². The number of rotatable bonds is 7. The minimum absolute atomic E-state index is 0.0238. The number of nitrogens with zero attached hydrogens (tertiary/aromatic N) is 4. The maximum atomic E-state index is 12.6. The van der Waals surface area contributed by atoms with Crippen molar-refractivity contribution in [3.8, 4) is 0 Å². The van der Waals surface area contributed by atoms with Crippen molar-refractivity contribution in [2.75, 3.05) is 24.3 Å². The van der Waals surface area contributed by atoms with Gasteiger partial charge >= 0.3 is 0 Å². The second-order valence-corrected chi connectivity index (χ2v) is 11.6. The van der Waals surface area contributed by atoms with Gasteiger partial charge in [0.25, 0.3) is 5.22 Å². The number of carbonyl (C=O) groups is 1. The molecule has 3 aromatic rings. The van der Waals surface area contributed by atoms with Crippen molar-refractivity contribution in [1.29, 1.82) is 0 Å². The molecule has 1 saturated heterocycles. The average Bonchev–Trinajstić information content (AvgIpc) is 3.43. The summed E-state index contributed by atoms with van der Waals surface area (Å²) in [5.41, 5.74) is 0.938. The van der Waals surface area contributed by atoms with E-state index in [9.17, 15) is 13.2 Å². The molecular weight excluding hydrogens is 444 g/mol. The lowest BCUT2D eigenvalue weighted by atomic mass is 10.1. The van der Waals surface area contributed by atoms with E-state index in [2.05, 4.69) is 15.2 Å². The Hall–Kier alpha value is -1.98. The number of amides is 1. The van der Waals surface area contributed by atoms with E-state index in [0.29, 0.717) is 24.0 Å². The van der Waals surface area contributed by atoms with Gasteiger partial charge in [0.2, 0.25) is 11.8 Å². The van der Waals surface area contributed by atoms with E-state index < -0.39 is 9.84 Å². The monoisotopic (exact) mass is 466 g/mol. The Morgan fingerprint density at radius 1 is 1.37 bits per heavy atom. The molecule has 2 atom stereocenters. The maximum absolute atomic E-state index is 12.6. The maximum Gasteiger partial charge on any atom is 0.277 e. The molecule has 8 nitrogen and oxygen atoms in total. The summed E-state index contributed by atoms with van der Waals surface area (Å²) in [6, 6.07) is 7.78. The van der Waals surface area contributed by atoms with Crippen molar-refractivity contribution < 1.29 is 17.6 Å². The highest BCUT2D eigenvalue weighted by Gasteiger charge is 2.29. The Labute approximate surface area is 183 Å². The van der Waals surface area contributed by atoms with Crippen LogP contribution in [0.1, 0.15) is 30.3 Å². The Morgan fingerprint density at radius 2 is 2.17 bits per heavy atom. The van der Waals surface area contributed by atoms with Crippen LogP contribution in [0.4, 0.5) is 0 Å². The second kappa shape index (κ2) is 8.64. The molecule has 0 spiro atoms. The first-order valence-corrected chi connectivity index (χ1v) is 13.2. The number of sulfone groups is 1. The zero-order chi connectivity index (χ0) is 21.3. The number of aromatic nitrogens is 3. The molecule has 0 radical (unpaired) electrons. The third-order valence-electron chi connectivity index (χ3n) is 5.20. The number of benzene rings is 1. The van der Waals surface area contributed by atoms with Crippen molar-refractivity contribution in [3.63, 3.8) is 0 Å². The van der Waals surface area contributed by atoms with E-state index in [4.69, 9.17) is 4.42 Å². The van der Waals surface area contributed by atoms with Crippen molar-refractivity contribution in [3.05, 3.63) is 35.2 Å². The molecule has 1 aliphatic heterocycles. The normalized spacial score (nSPS) is 19.2. The van der Waals surface area contributed by atoms with Crippen LogP contribution in [-0.2, 0) is 21.1 Å². The van der Waals surface area contributed by atoms with Crippen LogP contribution in [0, 0.1) is 5.92 Å². The van der Waals surface area contributed by atoms with E-state index in [1.54, 1.807) is 23.3 Å².